The first-order valence-corrected chi connectivity index (χ1v) is 6.90. The lowest BCUT2D eigenvalue weighted by Crippen LogP contribution is -2.05. The van der Waals surface area contributed by atoms with Gasteiger partial charge in [0.25, 0.3) is 0 Å². The summed E-state index contributed by atoms with van der Waals surface area (Å²) in [6.07, 6.45) is 9.01. The molecule has 0 spiro atoms. The maximum absolute atomic E-state index is 11.2. The Balaban J connectivity index is 1.83. The third-order valence-electron chi connectivity index (χ3n) is 3.43. The van der Waals surface area contributed by atoms with Crippen molar-refractivity contribution in [3.8, 4) is 0 Å². The van der Waals surface area contributed by atoms with Crippen LogP contribution in [0.3, 0.4) is 0 Å². The Morgan fingerprint density at radius 3 is 2.94 bits per heavy atom. The Bertz CT molecular complexity index is 380. The molecule has 100 valence electrons. The minimum absolute atomic E-state index is 0.185. The van der Waals surface area contributed by atoms with Crippen LogP contribution in [0.25, 0.3) is 0 Å². The number of nitrogens with zero attached hydrogens (tertiary/aromatic N) is 1. The van der Waals surface area contributed by atoms with E-state index in [1.807, 2.05) is 13.1 Å². The van der Waals surface area contributed by atoms with Gasteiger partial charge in [-0.1, -0.05) is 19.3 Å². The van der Waals surface area contributed by atoms with Crippen molar-refractivity contribution in [2.45, 2.75) is 57.8 Å². The third-order valence-corrected chi connectivity index (χ3v) is 3.43. The van der Waals surface area contributed by atoms with Gasteiger partial charge in [-0.05, 0) is 19.8 Å². The molecule has 1 aliphatic rings. The SMILES string of the molecule is CCOC(=O)CCc1ncc(C2CCCCC2)o1. The van der Waals surface area contributed by atoms with Crippen LogP contribution in [-0.4, -0.2) is 17.6 Å². The van der Waals surface area contributed by atoms with Crippen LogP contribution >= 0.6 is 0 Å². The van der Waals surface area contributed by atoms with E-state index in [2.05, 4.69) is 4.98 Å². The lowest BCUT2D eigenvalue weighted by Gasteiger charge is -2.18. The summed E-state index contributed by atoms with van der Waals surface area (Å²) >= 11 is 0. The summed E-state index contributed by atoms with van der Waals surface area (Å²) in [6, 6.07) is 0. The van der Waals surface area contributed by atoms with Crippen LogP contribution in [0, 0.1) is 0 Å². The van der Waals surface area contributed by atoms with Gasteiger partial charge in [0.05, 0.1) is 19.2 Å². The van der Waals surface area contributed by atoms with Crippen LogP contribution in [0.4, 0.5) is 0 Å². The number of esters is 1. The van der Waals surface area contributed by atoms with E-state index in [9.17, 15) is 4.79 Å². The van der Waals surface area contributed by atoms with Crippen molar-refractivity contribution in [2.24, 2.45) is 0 Å². The standard InChI is InChI=1S/C14H21NO3/c1-2-17-14(16)9-8-13-15-10-12(18-13)11-6-4-3-5-7-11/h10-11H,2-9H2,1H3. The van der Waals surface area contributed by atoms with Gasteiger partial charge in [-0.2, -0.15) is 0 Å². The van der Waals surface area contributed by atoms with Gasteiger partial charge in [-0.3, -0.25) is 4.79 Å². The molecular weight excluding hydrogens is 230 g/mol. The highest BCUT2D eigenvalue weighted by Gasteiger charge is 2.19. The molecule has 1 aromatic rings. The number of oxazole rings is 1. The number of ether oxygens (including phenoxy) is 1. The van der Waals surface area contributed by atoms with E-state index in [0.717, 1.165) is 5.76 Å². The number of carbonyl (C=O) groups is 1. The predicted octanol–water partition coefficient (Wildman–Crippen LogP) is 3.22. The molecule has 1 aliphatic carbocycles. The fourth-order valence-electron chi connectivity index (χ4n) is 2.46. The van der Waals surface area contributed by atoms with Gasteiger partial charge in [-0.15, -0.1) is 0 Å². The Morgan fingerprint density at radius 1 is 1.44 bits per heavy atom. The highest BCUT2D eigenvalue weighted by Crippen LogP contribution is 2.32. The first-order chi connectivity index (χ1) is 8.79. The molecule has 1 fully saturated rings. The lowest BCUT2D eigenvalue weighted by molar-refractivity contribution is -0.143. The van der Waals surface area contributed by atoms with Gasteiger partial charge in [-0.25, -0.2) is 4.98 Å². The Hall–Kier alpha value is -1.32. The molecule has 18 heavy (non-hydrogen) atoms. The summed E-state index contributed by atoms with van der Waals surface area (Å²) in [5, 5.41) is 0. The van der Waals surface area contributed by atoms with Crippen LogP contribution in [0.1, 0.15) is 63.0 Å². The van der Waals surface area contributed by atoms with E-state index in [4.69, 9.17) is 9.15 Å². The van der Waals surface area contributed by atoms with Crippen molar-refractivity contribution in [1.29, 1.82) is 0 Å². The predicted molar refractivity (Wildman–Crippen MR) is 67.3 cm³/mol. The monoisotopic (exact) mass is 251 g/mol. The van der Waals surface area contributed by atoms with E-state index in [1.54, 1.807) is 0 Å². The van der Waals surface area contributed by atoms with Gasteiger partial charge in [0.2, 0.25) is 0 Å². The molecule has 1 saturated carbocycles. The van der Waals surface area contributed by atoms with Crippen molar-refractivity contribution in [1.82, 2.24) is 4.98 Å². The fourth-order valence-corrected chi connectivity index (χ4v) is 2.46. The normalized spacial score (nSPS) is 16.7. The average molecular weight is 251 g/mol. The molecule has 0 aliphatic heterocycles. The van der Waals surface area contributed by atoms with Crippen molar-refractivity contribution >= 4 is 5.97 Å². The van der Waals surface area contributed by atoms with Gasteiger partial charge >= 0.3 is 5.97 Å². The lowest BCUT2D eigenvalue weighted by atomic mass is 9.88. The molecule has 1 aromatic heterocycles. The molecule has 0 saturated heterocycles. The quantitative estimate of drug-likeness (QED) is 0.754. The molecular formula is C14H21NO3. The van der Waals surface area contributed by atoms with Crippen LogP contribution in [0.5, 0.6) is 0 Å². The number of rotatable bonds is 5. The highest BCUT2D eigenvalue weighted by molar-refractivity contribution is 5.69. The van der Waals surface area contributed by atoms with Crippen LogP contribution in [0.2, 0.25) is 0 Å². The molecule has 1 heterocycles. The molecule has 0 bridgehead atoms. The smallest absolute Gasteiger partial charge is 0.306 e. The van der Waals surface area contributed by atoms with Crippen molar-refractivity contribution in [2.75, 3.05) is 6.61 Å². The molecule has 0 unspecified atom stereocenters. The minimum atomic E-state index is -0.185. The van der Waals surface area contributed by atoms with Crippen molar-refractivity contribution in [3.05, 3.63) is 17.8 Å². The van der Waals surface area contributed by atoms with Gasteiger partial charge in [0.15, 0.2) is 5.89 Å². The second-order valence-corrected chi connectivity index (χ2v) is 4.80. The molecule has 0 aromatic carbocycles. The minimum Gasteiger partial charge on any atom is -0.466 e. The zero-order valence-corrected chi connectivity index (χ0v) is 11.0. The van der Waals surface area contributed by atoms with Gasteiger partial charge in [0.1, 0.15) is 5.76 Å². The molecule has 0 N–H and O–H groups in total. The molecule has 4 nitrogen and oxygen atoms in total. The van der Waals surface area contributed by atoms with Crippen LogP contribution < -0.4 is 0 Å². The maximum atomic E-state index is 11.2. The largest absolute Gasteiger partial charge is 0.466 e. The average Bonchev–Trinajstić information content (AvgIpc) is 2.87. The molecule has 0 radical (unpaired) electrons. The maximum Gasteiger partial charge on any atom is 0.306 e. The fraction of sp³-hybridized carbons (Fsp3) is 0.714. The van der Waals surface area contributed by atoms with Crippen molar-refractivity contribution < 1.29 is 13.9 Å². The second-order valence-electron chi connectivity index (χ2n) is 4.80. The number of aryl methyl sites for hydroxylation is 1. The van der Waals surface area contributed by atoms with E-state index in [1.165, 1.54) is 32.1 Å². The number of carbonyl (C=O) groups excluding carboxylic acids is 1. The number of aromatic nitrogens is 1. The topological polar surface area (TPSA) is 52.3 Å². The first kappa shape index (κ1) is 13.1. The Labute approximate surface area is 108 Å². The summed E-state index contributed by atoms with van der Waals surface area (Å²) in [4.78, 5) is 15.5. The van der Waals surface area contributed by atoms with E-state index < -0.39 is 0 Å². The Kier molecular flexibility index (Phi) is 4.79. The molecule has 4 heteroatoms. The van der Waals surface area contributed by atoms with E-state index in [0.29, 0.717) is 31.3 Å². The zero-order valence-electron chi connectivity index (χ0n) is 11.0. The summed E-state index contributed by atoms with van der Waals surface area (Å²) in [5.74, 6) is 2.00. The van der Waals surface area contributed by atoms with Gasteiger partial charge < -0.3 is 9.15 Å². The highest BCUT2D eigenvalue weighted by atomic mass is 16.5. The van der Waals surface area contributed by atoms with E-state index in [-0.39, 0.29) is 5.97 Å². The summed E-state index contributed by atoms with van der Waals surface area (Å²) < 4.78 is 10.6. The number of hydrogen-bond acceptors (Lipinski definition) is 4. The third kappa shape index (κ3) is 3.59. The summed E-state index contributed by atoms with van der Waals surface area (Å²) in [6.45, 7) is 2.24. The molecule has 0 atom stereocenters. The first-order valence-electron chi connectivity index (χ1n) is 6.90. The zero-order chi connectivity index (χ0) is 12.8. The summed E-state index contributed by atoms with van der Waals surface area (Å²) in [7, 11) is 0. The van der Waals surface area contributed by atoms with Gasteiger partial charge in [0, 0.05) is 12.3 Å². The van der Waals surface area contributed by atoms with Crippen molar-refractivity contribution in [3.63, 3.8) is 0 Å². The Morgan fingerprint density at radius 2 is 2.22 bits per heavy atom. The molecule has 0 amide bonds. The van der Waals surface area contributed by atoms with Crippen LogP contribution in [-0.2, 0) is 16.0 Å². The summed E-state index contributed by atoms with van der Waals surface area (Å²) in [5.41, 5.74) is 0. The van der Waals surface area contributed by atoms with E-state index >= 15 is 0 Å². The molecule has 2 rings (SSSR count). The number of hydrogen-bond donors (Lipinski definition) is 0. The second kappa shape index (κ2) is 6.57. The van der Waals surface area contributed by atoms with Crippen LogP contribution in [0.15, 0.2) is 10.6 Å².